The Kier molecular flexibility index (Phi) is 7.16. The topological polar surface area (TPSA) is 88.9 Å². The van der Waals surface area contributed by atoms with Gasteiger partial charge in [-0.3, -0.25) is 9.40 Å². The number of nitrogens with one attached hydrogen (secondary N) is 2. The van der Waals surface area contributed by atoms with Gasteiger partial charge in [-0.25, -0.2) is 13.4 Å². The van der Waals surface area contributed by atoms with Gasteiger partial charge >= 0.3 is 0 Å². The Balaban J connectivity index is 0.00000150. The van der Waals surface area contributed by atoms with Gasteiger partial charge in [-0.05, 0) is 62.2 Å². The Morgan fingerprint density at radius 2 is 1.83 bits per heavy atom. The molecule has 2 aromatic heterocycles. The predicted molar refractivity (Wildman–Crippen MR) is 122 cm³/mol. The summed E-state index contributed by atoms with van der Waals surface area (Å²) in [6.45, 7) is 6.70. The van der Waals surface area contributed by atoms with E-state index in [1.54, 1.807) is 0 Å². The van der Waals surface area contributed by atoms with E-state index in [2.05, 4.69) is 20.8 Å². The van der Waals surface area contributed by atoms with Crippen molar-refractivity contribution in [2.45, 2.75) is 33.4 Å². The van der Waals surface area contributed by atoms with E-state index in [4.69, 9.17) is 10.1 Å². The summed E-state index contributed by atoms with van der Waals surface area (Å²) in [5, 5.41) is 9.09. The number of nitrogens with zero attached hydrogens (tertiary/aromatic N) is 3. The zero-order valence-electron chi connectivity index (χ0n) is 16.5. The van der Waals surface area contributed by atoms with Crippen molar-refractivity contribution < 1.29 is 8.42 Å². The molecule has 0 atom stereocenters. The highest BCUT2D eigenvalue weighted by atomic mass is 35.5. The Morgan fingerprint density at radius 3 is 2.55 bits per heavy atom. The summed E-state index contributed by atoms with van der Waals surface area (Å²) >= 11 is 0. The van der Waals surface area contributed by atoms with Gasteiger partial charge in [-0.2, -0.15) is 5.10 Å². The molecule has 0 bridgehead atoms. The predicted octanol–water partition coefficient (Wildman–Crippen LogP) is 3.42. The third-order valence-electron chi connectivity index (χ3n) is 4.77. The molecule has 0 saturated heterocycles. The zero-order valence-corrected chi connectivity index (χ0v) is 19.0. The molecule has 29 heavy (non-hydrogen) atoms. The zero-order chi connectivity index (χ0) is 19.2. The fourth-order valence-electron chi connectivity index (χ4n) is 3.56. The lowest BCUT2D eigenvalue weighted by Crippen LogP contribution is -2.11. The van der Waals surface area contributed by atoms with Crippen molar-refractivity contribution in [1.29, 1.82) is 0 Å². The third kappa shape index (κ3) is 5.01. The molecule has 0 radical (unpaired) electrons. The van der Waals surface area contributed by atoms with Crippen LogP contribution in [0, 0.1) is 13.8 Å². The van der Waals surface area contributed by atoms with Crippen LogP contribution in [0.15, 0.2) is 24.3 Å². The molecule has 7 nitrogen and oxygen atoms in total. The first-order valence-electron chi connectivity index (χ1n) is 8.98. The average molecular weight is 458 g/mol. The van der Waals surface area contributed by atoms with Crippen LogP contribution < -0.4 is 10.0 Å². The van der Waals surface area contributed by atoms with E-state index < -0.39 is 10.0 Å². The number of aryl methyl sites for hydroxylation is 3. The largest absolute Gasteiger partial charge is 0.311 e. The van der Waals surface area contributed by atoms with E-state index in [9.17, 15) is 8.42 Å². The maximum absolute atomic E-state index is 11.6. The van der Waals surface area contributed by atoms with E-state index in [0.29, 0.717) is 5.69 Å². The second-order valence-electron chi connectivity index (χ2n) is 7.16. The first-order chi connectivity index (χ1) is 12.8. The highest BCUT2D eigenvalue weighted by molar-refractivity contribution is 7.92. The lowest BCUT2D eigenvalue weighted by Gasteiger charge is -2.11. The number of pyridine rings is 1. The molecule has 1 aliphatic heterocycles. The Hall–Kier alpha value is -1.87. The van der Waals surface area contributed by atoms with Gasteiger partial charge in [0.2, 0.25) is 10.0 Å². The van der Waals surface area contributed by atoms with Crippen LogP contribution in [0.1, 0.15) is 23.2 Å². The number of hydrogen-bond donors (Lipinski definition) is 2. The normalized spacial score (nSPS) is 13.8. The van der Waals surface area contributed by atoms with Crippen LogP contribution in [0.25, 0.3) is 22.3 Å². The molecule has 1 aliphatic rings. The second-order valence-corrected chi connectivity index (χ2v) is 8.91. The van der Waals surface area contributed by atoms with E-state index in [1.807, 2.05) is 32.0 Å². The number of halogens is 2. The van der Waals surface area contributed by atoms with E-state index >= 15 is 0 Å². The molecule has 3 heterocycles. The van der Waals surface area contributed by atoms with Crippen molar-refractivity contribution in [3.8, 4) is 11.4 Å². The second kappa shape index (κ2) is 8.87. The Labute approximate surface area is 183 Å². The summed E-state index contributed by atoms with van der Waals surface area (Å²) in [6, 6.07) is 7.76. The van der Waals surface area contributed by atoms with Crippen molar-refractivity contribution in [2.24, 2.45) is 0 Å². The van der Waals surface area contributed by atoms with Gasteiger partial charge in [0.25, 0.3) is 0 Å². The van der Waals surface area contributed by atoms with Gasteiger partial charge in [0.1, 0.15) is 5.69 Å². The Morgan fingerprint density at radius 1 is 1.07 bits per heavy atom. The van der Waals surface area contributed by atoms with Gasteiger partial charge in [0, 0.05) is 24.2 Å². The number of anilines is 1. The SMILES string of the molecule is Cc1cc(-c2cc3n(n2)CCCNC3)nc2c(C)cc(NS(C)(=O)=O)cc12.Cl.Cl. The van der Waals surface area contributed by atoms with E-state index in [1.165, 1.54) is 5.69 Å². The molecular formula is C19H25Cl2N5O2S. The minimum atomic E-state index is -3.32. The summed E-state index contributed by atoms with van der Waals surface area (Å²) in [7, 11) is -3.32. The molecule has 0 saturated carbocycles. The summed E-state index contributed by atoms with van der Waals surface area (Å²) in [4.78, 5) is 4.84. The smallest absolute Gasteiger partial charge is 0.229 e. The van der Waals surface area contributed by atoms with Crippen molar-refractivity contribution >= 4 is 51.4 Å². The van der Waals surface area contributed by atoms with E-state index in [0.717, 1.165) is 65.7 Å². The molecule has 4 rings (SSSR count). The summed E-state index contributed by atoms with van der Waals surface area (Å²) in [5.74, 6) is 0. The van der Waals surface area contributed by atoms with Gasteiger partial charge in [0.15, 0.2) is 0 Å². The third-order valence-corrected chi connectivity index (χ3v) is 5.38. The number of hydrogen-bond acceptors (Lipinski definition) is 5. The molecule has 3 aromatic rings. The fraction of sp³-hybridized carbons (Fsp3) is 0.368. The van der Waals surface area contributed by atoms with Crippen molar-refractivity contribution in [2.75, 3.05) is 17.5 Å². The maximum atomic E-state index is 11.6. The van der Waals surface area contributed by atoms with Crippen LogP contribution in [0.3, 0.4) is 0 Å². The first-order valence-corrected chi connectivity index (χ1v) is 10.9. The van der Waals surface area contributed by atoms with Crippen LogP contribution in [-0.4, -0.2) is 36.0 Å². The van der Waals surface area contributed by atoms with Gasteiger partial charge in [0.05, 0.1) is 23.2 Å². The molecule has 0 unspecified atom stereocenters. The molecule has 0 aliphatic carbocycles. The van der Waals surface area contributed by atoms with E-state index in [-0.39, 0.29) is 24.8 Å². The fourth-order valence-corrected chi connectivity index (χ4v) is 4.10. The number of fused-ring (bicyclic) bond motifs is 2. The molecule has 0 amide bonds. The van der Waals surface area contributed by atoms with Crippen LogP contribution in [0.4, 0.5) is 5.69 Å². The molecule has 1 aromatic carbocycles. The highest BCUT2D eigenvalue weighted by Crippen LogP contribution is 2.29. The molecule has 0 fully saturated rings. The number of aromatic nitrogens is 3. The average Bonchev–Trinajstić information content (AvgIpc) is 2.85. The van der Waals surface area contributed by atoms with Crippen LogP contribution in [0.5, 0.6) is 0 Å². The summed E-state index contributed by atoms with van der Waals surface area (Å²) in [5.41, 5.74) is 6.27. The number of benzene rings is 1. The van der Waals surface area contributed by atoms with Gasteiger partial charge < -0.3 is 5.32 Å². The van der Waals surface area contributed by atoms with Crippen molar-refractivity contribution in [3.05, 3.63) is 41.1 Å². The molecule has 158 valence electrons. The van der Waals surface area contributed by atoms with Crippen molar-refractivity contribution in [1.82, 2.24) is 20.1 Å². The minimum absolute atomic E-state index is 0. The minimum Gasteiger partial charge on any atom is -0.311 e. The summed E-state index contributed by atoms with van der Waals surface area (Å²) in [6.07, 6.45) is 2.21. The molecule has 0 spiro atoms. The lowest BCUT2D eigenvalue weighted by atomic mass is 10.0. The molecule has 2 N–H and O–H groups in total. The quantitative estimate of drug-likeness (QED) is 0.628. The van der Waals surface area contributed by atoms with Gasteiger partial charge in [-0.15, -0.1) is 24.8 Å². The number of rotatable bonds is 3. The van der Waals surface area contributed by atoms with Crippen molar-refractivity contribution in [3.63, 3.8) is 0 Å². The maximum Gasteiger partial charge on any atom is 0.229 e. The molecular weight excluding hydrogens is 433 g/mol. The van der Waals surface area contributed by atoms with Gasteiger partial charge in [-0.1, -0.05) is 0 Å². The van der Waals surface area contributed by atoms with Crippen LogP contribution in [-0.2, 0) is 23.1 Å². The highest BCUT2D eigenvalue weighted by Gasteiger charge is 2.15. The van der Waals surface area contributed by atoms with Crippen LogP contribution >= 0.6 is 24.8 Å². The van der Waals surface area contributed by atoms with Crippen LogP contribution in [0.2, 0.25) is 0 Å². The standard InChI is InChI=1S/C19H23N5O2S.2ClH/c1-12-8-17(18-10-15-11-20-5-4-6-24(15)22-18)21-19-13(2)7-14(9-16(12)19)23-27(3,25)26;;/h7-10,20,23H,4-6,11H2,1-3H3;2*1H. The monoisotopic (exact) mass is 457 g/mol. The lowest BCUT2D eigenvalue weighted by molar-refractivity contribution is 0.589. The first kappa shape index (κ1) is 23.4. The summed E-state index contributed by atoms with van der Waals surface area (Å²) < 4.78 is 27.7. The Bertz CT molecular complexity index is 1120. The number of sulfonamides is 1. The molecule has 10 heteroatoms.